The van der Waals surface area contributed by atoms with E-state index in [1.54, 1.807) is 37.3 Å². The lowest BCUT2D eigenvalue weighted by molar-refractivity contribution is -0.122. The monoisotopic (exact) mass is 356 g/mol. The van der Waals surface area contributed by atoms with Crippen molar-refractivity contribution in [1.82, 2.24) is 0 Å². The van der Waals surface area contributed by atoms with Crippen molar-refractivity contribution in [2.24, 2.45) is 0 Å². The second kappa shape index (κ2) is 6.99. The highest BCUT2D eigenvalue weighted by Crippen LogP contribution is 2.32. The Morgan fingerprint density at radius 2 is 2.08 bits per heavy atom. The molecule has 2 aromatic rings. The molecule has 25 heavy (non-hydrogen) atoms. The largest absolute Gasteiger partial charge is 0.479 e. The lowest BCUT2D eigenvalue weighted by Gasteiger charge is -2.23. The summed E-state index contributed by atoms with van der Waals surface area (Å²) in [6.45, 7) is 3.60. The third-order valence-corrected chi connectivity index (χ3v) is 4.21. The van der Waals surface area contributed by atoms with Gasteiger partial charge in [-0.1, -0.05) is 23.7 Å². The number of carbonyl (C=O) groups excluding carboxylic acids is 2. The van der Waals surface area contributed by atoms with Gasteiger partial charge in [-0.05, 0) is 55.3 Å². The van der Waals surface area contributed by atoms with Crippen molar-refractivity contribution in [3.8, 4) is 5.75 Å². The van der Waals surface area contributed by atoms with Crippen LogP contribution in [0.5, 0.6) is 5.75 Å². The highest BCUT2D eigenvalue weighted by atomic mass is 35.5. The molecular weight excluding hydrogens is 340 g/mol. The molecular formula is C19H17ClN2O3. The fourth-order valence-corrected chi connectivity index (χ4v) is 2.54. The topological polar surface area (TPSA) is 67.4 Å². The molecule has 0 radical (unpaired) electrons. The molecule has 1 aliphatic rings. The molecule has 0 fully saturated rings. The number of ether oxygens (including phenoxy) is 1. The second-order valence-electron chi connectivity index (χ2n) is 5.79. The standard InChI is InChI=1S/C19H17ClN2O3/c1-11-3-4-13(9-15(11)20)5-8-18(23)21-14-6-7-17-16(10-14)22-19(24)12(2)25-17/h3-10,12H,1-2H3,(H,21,23)(H,22,24)/b8-5+/t12-/m1/s1. The van der Waals surface area contributed by atoms with Gasteiger partial charge in [-0.3, -0.25) is 9.59 Å². The van der Waals surface area contributed by atoms with Crippen LogP contribution >= 0.6 is 11.6 Å². The van der Waals surface area contributed by atoms with E-state index in [0.29, 0.717) is 22.1 Å². The molecule has 0 saturated heterocycles. The van der Waals surface area contributed by atoms with E-state index in [9.17, 15) is 9.59 Å². The fourth-order valence-electron chi connectivity index (χ4n) is 2.36. The first kappa shape index (κ1) is 17.0. The van der Waals surface area contributed by atoms with Crippen molar-refractivity contribution < 1.29 is 14.3 Å². The van der Waals surface area contributed by atoms with E-state index in [1.807, 2.05) is 19.1 Å². The van der Waals surface area contributed by atoms with Crippen LogP contribution in [0.15, 0.2) is 42.5 Å². The number of anilines is 2. The van der Waals surface area contributed by atoms with Crippen molar-refractivity contribution in [2.75, 3.05) is 10.6 Å². The van der Waals surface area contributed by atoms with Crippen LogP contribution in [0, 0.1) is 6.92 Å². The molecule has 0 unspecified atom stereocenters. The van der Waals surface area contributed by atoms with Gasteiger partial charge in [0.2, 0.25) is 5.91 Å². The average Bonchev–Trinajstić information content (AvgIpc) is 2.57. The van der Waals surface area contributed by atoms with Crippen molar-refractivity contribution >= 4 is 40.9 Å². The summed E-state index contributed by atoms with van der Waals surface area (Å²) in [6.07, 6.45) is 2.58. The van der Waals surface area contributed by atoms with Gasteiger partial charge in [-0.15, -0.1) is 0 Å². The number of benzene rings is 2. The molecule has 6 heteroatoms. The molecule has 3 rings (SSSR count). The Morgan fingerprint density at radius 3 is 2.84 bits per heavy atom. The zero-order valence-corrected chi connectivity index (χ0v) is 14.6. The van der Waals surface area contributed by atoms with Crippen molar-refractivity contribution in [1.29, 1.82) is 0 Å². The molecule has 1 heterocycles. The number of halogens is 1. The number of amides is 2. The number of fused-ring (bicyclic) bond motifs is 1. The molecule has 128 valence electrons. The van der Waals surface area contributed by atoms with Gasteiger partial charge in [-0.25, -0.2) is 0 Å². The van der Waals surface area contributed by atoms with Gasteiger partial charge in [0.05, 0.1) is 5.69 Å². The van der Waals surface area contributed by atoms with Crippen LogP contribution in [0.25, 0.3) is 6.08 Å². The van der Waals surface area contributed by atoms with Crippen LogP contribution in [0.4, 0.5) is 11.4 Å². The first-order valence-corrected chi connectivity index (χ1v) is 8.17. The van der Waals surface area contributed by atoms with Crippen LogP contribution in [0.1, 0.15) is 18.1 Å². The molecule has 5 nitrogen and oxygen atoms in total. The Morgan fingerprint density at radius 1 is 1.28 bits per heavy atom. The highest BCUT2D eigenvalue weighted by Gasteiger charge is 2.23. The predicted octanol–water partition coefficient (Wildman–Crippen LogP) is 4.02. The predicted molar refractivity (Wildman–Crippen MR) is 99.0 cm³/mol. The minimum atomic E-state index is -0.530. The maximum absolute atomic E-state index is 12.1. The third-order valence-electron chi connectivity index (χ3n) is 3.80. The number of aryl methyl sites for hydroxylation is 1. The van der Waals surface area contributed by atoms with E-state index < -0.39 is 6.10 Å². The first-order valence-electron chi connectivity index (χ1n) is 7.79. The highest BCUT2D eigenvalue weighted by molar-refractivity contribution is 6.31. The number of carbonyl (C=O) groups is 2. The van der Waals surface area contributed by atoms with Gasteiger partial charge in [-0.2, -0.15) is 0 Å². The van der Waals surface area contributed by atoms with Crippen molar-refractivity contribution in [3.05, 3.63) is 58.6 Å². The van der Waals surface area contributed by atoms with Crippen LogP contribution in [0.3, 0.4) is 0 Å². The molecule has 0 aromatic heterocycles. The maximum Gasteiger partial charge on any atom is 0.265 e. The number of rotatable bonds is 3. The molecule has 0 aliphatic carbocycles. The van der Waals surface area contributed by atoms with E-state index in [2.05, 4.69) is 10.6 Å². The van der Waals surface area contributed by atoms with Crippen molar-refractivity contribution in [2.45, 2.75) is 20.0 Å². The van der Waals surface area contributed by atoms with Crippen LogP contribution in [-0.4, -0.2) is 17.9 Å². The molecule has 2 N–H and O–H groups in total. The molecule has 2 amide bonds. The molecule has 2 aromatic carbocycles. The van der Waals surface area contributed by atoms with Crippen LogP contribution in [0.2, 0.25) is 5.02 Å². The van der Waals surface area contributed by atoms with Crippen LogP contribution in [-0.2, 0) is 9.59 Å². The van der Waals surface area contributed by atoms with Crippen molar-refractivity contribution in [3.63, 3.8) is 0 Å². The van der Waals surface area contributed by atoms with Gasteiger partial charge in [0, 0.05) is 16.8 Å². The Balaban J connectivity index is 1.69. The summed E-state index contributed by atoms with van der Waals surface area (Å²) in [6, 6.07) is 10.7. The summed E-state index contributed by atoms with van der Waals surface area (Å²) in [5.74, 6) is 0.0788. The number of nitrogens with one attached hydrogen (secondary N) is 2. The smallest absolute Gasteiger partial charge is 0.265 e. The zero-order chi connectivity index (χ0) is 18.0. The van der Waals surface area contributed by atoms with Gasteiger partial charge in [0.15, 0.2) is 6.10 Å². The SMILES string of the molecule is Cc1ccc(/C=C/C(=O)Nc2ccc3c(c2)NC(=O)[C@@H](C)O3)cc1Cl. The minimum absolute atomic E-state index is 0.216. The number of hydrogen-bond acceptors (Lipinski definition) is 3. The van der Waals surface area contributed by atoms with Crippen LogP contribution < -0.4 is 15.4 Å². The van der Waals surface area contributed by atoms with E-state index >= 15 is 0 Å². The zero-order valence-electron chi connectivity index (χ0n) is 13.8. The van der Waals surface area contributed by atoms with E-state index in [1.165, 1.54) is 6.08 Å². The molecule has 1 aliphatic heterocycles. The summed E-state index contributed by atoms with van der Waals surface area (Å²) in [5, 5.41) is 6.15. The van der Waals surface area contributed by atoms with E-state index in [0.717, 1.165) is 11.1 Å². The maximum atomic E-state index is 12.1. The quantitative estimate of drug-likeness (QED) is 0.816. The Kier molecular flexibility index (Phi) is 4.76. The molecule has 0 bridgehead atoms. The Bertz CT molecular complexity index is 877. The summed E-state index contributed by atoms with van der Waals surface area (Å²) in [4.78, 5) is 23.7. The van der Waals surface area contributed by atoms with E-state index in [-0.39, 0.29) is 11.8 Å². The summed E-state index contributed by atoms with van der Waals surface area (Å²) in [7, 11) is 0. The Hall–Kier alpha value is -2.79. The second-order valence-corrected chi connectivity index (χ2v) is 6.20. The van der Waals surface area contributed by atoms with Gasteiger partial charge in [0.1, 0.15) is 5.75 Å². The lowest BCUT2D eigenvalue weighted by Crippen LogP contribution is -2.34. The normalized spacial score (nSPS) is 16.1. The van der Waals surface area contributed by atoms with Gasteiger partial charge < -0.3 is 15.4 Å². The van der Waals surface area contributed by atoms with Gasteiger partial charge >= 0.3 is 0 Å². The summed E-state index contributed by atoms with van der Waals surface area (Å²) < 4.78 is 5.48. The number of hydrogen-bond donors (Lipinski definition) is 2. The third kappa shape index (κ3) is 4.00. The average molecular weight is 357 g/mol. The summed E-state index contributed by atoms with van der Waals surface area (Å²) >= 11 is 6.07. The lowest BCUT2D eigenvalue weighted by atomic mass is 10.1. The minimum Gasteiger partial charge on any atom is -0.479 e. The van der Waals surface area contributed by atoms with E-state index in [4.69, 9.17) is 16.3 Å². The summed E-state index contributed by atoms with van der Waals surface area (Å²) in [5.41, 5.74) is 2.92. The first-order chi connectivity index (χ1) is 11.9. The Labute approximate surface area is 150 Å². The molecule has 1 atom stereocenters. The van der Waals surface area contributed by atoms with Gasteiger partial charge in [0.25, 0.3) is 5.91 Å². The molecule has 0 saturated carbocycles. The molecule has 0 spiro atoms. The fraction of sp³-hybridized carbons (Fsp3) is 0.158.